The number of hydrogen-bond donors (Lipinski definition) is 4. The molecule has 3 heterocycles. The third-order valence-corrected chi connectivity index (χ3v) is 4.81. The lowest BCUT2D eigenvalue weighted by atomic mass is 10.1. The van der Waals surface area contributed by atoms with Gasteiger partial charge >= 0.3 is 6.03 Å². The van der Waals surface area contributed by atoms with Crippen molar-refractivity contribution in [2.45, 2.75) is 24.7 Å². The zero-order valence-corrected chi connectivity index (χ0v) is 12.9. The molecule has 2 aromatic heterocycles. The minimum atomic E-state index is -0.725. The number of carbonyl (C=O) groups excluding carboxylic acids is 1. The normalized spacial score (nSPS) is 24.4. The zero-order valence-electron chi connectivity index (χ0n) is 11.3. The van der Waals surface area contributed by atoms with E-state index in [1.165, 1.54) is 22.7 Å². The van der Waals surface area contributed by atoms with Crippen molar-refractivity contribution in [2.75, 3.05) is 17.2 Å². The molecule has 3 atom stereocenters. The summed E-state index contributed by atoms with van der Waals surface area (Å²) in [6.07, 6.45) is -1.40. The summed E-state index contributed by atoms with van der Waals surface area (Å²) in [7, 11) is 0. The number of urea groups is 1. The van der Waals surface area contributed by atoms with Crippen molar-refractivity contribution in [2.24, 2.45) is 0 Å². The predicted molar refractivity (Wildman–Crippen MR) is 82.2 cm³/mol. The molecule has 2 aromatic rings. The highest BCUT2D eigenvalue weighted by molar-refractivity contribution is 7.15. The van der Waals surface area contributed by atoms with Crippen molar-refractivity contribution in [3.63, 3.8) is 0 Å². The van der Waals surface area contributed by atoms with Crippen LogP contribution in [0, 0.1) is 0 Å². The van der Waals surface area contributed by atoms with Crippen LogP contribution in [0.5, 0.6) is 0 Å². The molecule has 0 saturated carbocycles. The maximum atomic E-state index is 11.8. The molecule has 0 bridgehead atoms. The number of nitrogens with one attached hydrogen (secondary N) is 2. The summed E-state index contributed by atoms with van der Waals surface area (Å²) < 4.78 is 5.49. The summed E-state index contributed by atoms with van der Waals surface area (Å²) in [5.74, 6) is 0. The van der Waals surface area contributed by atoms with Gasteiger partial charge in [-0.2, -0.15) is 0 Å². The summed E-state index contributed by atoms with van der Waals surface area (Å²) in [4.78, 5) is 11.8. The van der Waals surface area contributed by atoms with E-state index in [0.717, 1.165) is 5.00 Å². The minimum absolute atomic E-state index is 0.245. The van der Waals surface area contributed by atoms with E-state index in [9.17, 15) is 9.90 Å². The fourth-order valence-corrected chi connectivity index (χ4v) is 3.46. The first-order chi connectivity index (χ1) is 10.7. The van der Waals surface area contributed by atoms with Crippen LogP contribution in [0.1, 0.15) is 17.5 Å². The van der Waals surface area contributed by atoms with Crippen LogP contribution in [0.15, 0.2) is 17.5 Å². The van der Waals surface area contributed by atoms with Crippen LogP contribution < -0.4 is 10.6 Å². The number of aromatic nitrogens is 2. The number of nitrogens with zero attached hydrogens (tertiary/aromatic N) is 2. The Morgan fingerprint density at radius 1 is 1.45 bits per heavy atom. The highest BCUT2D eigenvalue weighted by Crippen LogP contribution is 2.35. The first-order valence-corrected chi connectivity index (χ1v) is 8.24. The highest BCUT2D eigenvalue weighted by atomic mass is 32.1. The monoisotopic (exact) mass is 342 g/mol. The molecule has 0 aliphatic carbocycles. The summed E-state index contributed by atoms with van der Waals surface area (Å²) in [6, 6.07) is 3.23. The van der Waals surface area contributed by atoms with Gasteiger partial charge in [-0.1, -0.05) is 11.3 Å². The fraction of sp³-hybridized carbons (Fsp3) is 0.417. The van der Waals surface area contributed by atoms with Gasteiger partial charge in [-0.3, -0.25) is 10.6 Å². The van der Waals surface area contributed by atoms with Crippen LogP contribution in [-0.4, -0.2) is 45.3 Å². The molecule has 1 aliphatic rings. The molecule has 0 radical (unpaired) electrons. The average molecular weight is 342 g/mol. The van der Waals surface area contributed by atoms with Gasteiger partial charge in [-0.25, -0.2) is 4.79 Å². The number of amides is 2. The van der Waals surface area contributed by atoms with Crippen molar-refractivity contribution < 1.29 is 19.7 Å². The SMILES string of the molecule is O=C(Nc1cccs1)Nc1nnc([C@@H]2C[C@H](O)[C@@H](CO)O2)s1. The molecule has 2 amide bonds. The van der Waals surface area contributed by atoms with Crippen LogP contribution >= 0.6 is 22.7 Å². The second-order valence-electron chi connectivity index (χ2n) is 4.65. The third-order valence-electron chi connectivity index (χ3n) is 3.10. The number of thiophene rings is 1. The van der Waals surface area contributed by atoms with E-state index in [4.69, 9.17) is 9.84 Å². The van der Waals surface area contributed by atoms with Crippen molar-refractivity contribution in [1.82, 2.24) is 10.2 Å². The lowest BCUT2D eigenvalue weighted by Crippen LogP contribution is -2.24. The van der Waals surface area contributed by atoms with Gasteiger partial charge in [0.05, 0.1) is 17.7 Å². The maximum Gasteiger partial charge on any atom is 0.326 e. The molecule has 4 N–H and O–H groups in total. The van der Waals surface area contributed by atoms with Gasteiger partial charge in [0.15, 0.2) is 0 Å². The predicted octanol–water partition coefficient (Wildman–Crippen LogP) is 1.43. The van der Waals surface area contributed by atoms with E-state index in [-0.39, 0.29) is 6.61 Å². The Bertz CT molecular complexity index is 633. The molecule has 3 rings (SSSR count). The van der Waals surface area contributed by atoms with E-state index in [2.05, 4.69) is 20.8 Å². The van der Waals surface area contributed by atoms with Crippen LogP contribution in [-0.2, 0) is 4.74 Å². The third kappa shape index (κ3) is 3.42. The number of anilines is 2. The average Bonchev–Trinajstić information content (AvgIpc) is 3.19. The van der Waals surface area contributed by atoms with Gasteiger partial charge in [0, 0.05) is 6.42 Å². The number of carbonyl (C=O) groups is 1. The van der Waals surface area contributed by atoms with Gasteiger partial charge in [0.25, 0.3) is 0 Å². The molecule has 10 heteroatoms. The Morgan fingerprint density at radius 3 is 3.00 bits per heavy atom. The van der Waals surface area contributed by atoms with Crippen LogP contribution in [0.25, 0.3) is 0 Å². The van der Waals surface area contributed by atoms with Crippen molar-refractivity contribution >= 4 is 38.8 Å². The number of rotatable bonds is 4. The molecule has 8 nitrogen and oxygen atoms in total. The van der Waals surface area contributed by atoms with Crippen molar-refractivity contribution in [1.29, 1.82) is 0 Å². The fourth-order valence-electron chi connectivity index (χ4n) is 2.06. The van der Waals surface area contributed by atoms with E-state index < -0.39 is 24.3 Å². The number of hydrogen-bond acceptors (Lipinski definition) is 8. The van der Waals surface area contributed by atoms with Crippen molar-refractivity contribution in [3.05, 3.63) is 22.5 Å². The van der Waals surface area contributed by atoms with E-state index in [1.807, 2.05) is 11.4 Å². The smallest absolute Gasteiger partial charge is 0.326 e. The van der Waals surface area contributed by atoms with Crippen LogP contribution in [0.4, 0.5) is 14.9 Å². The van der Waals surface area contributed by atoms with E-state index in [1.54, 1.807) is 6.07 Å². The second kappa shape index (κ2) is 6.67. The molecule has 1 saturated heterocycles. The van der Waals surface area contributed by atoms with Gasteiger partial charge in [0.1, 0.15) is 17.2 Å². The van der Waals surface area contributed by atoms with E-state index >= 15 is 0 Å². The Balaban J connectivity index is 1.58. The van der Waals surface area contributed by atoms with Gasteiger partial charge in [-0.05, 0) is 17.5 Å². The molecule has 22 heavy (non-hydrogen) atoms. The lowest BCUT2D eigenvalue weighted by molar-refractivity contribution is -0.0227. The summed E-state index contributed by atoms with van der Waals surface area (Å²) >= 11 is 2.59. The highest BCUT2D eigenvalue weighted by Gasteiger charge is 2.36. The van der Waals surface area contributed by atoms with Crippen LogP contribution in [0.2, 0.25) is 0 Å². The summed E-state index contributed by atoms with van der Waals surface area (Å²) in [5.41, 5.74) is 0. The van der Waals surface area contributed by atoms with Crippen molar-refractivity contribution in [3.8, 4) is 0 Å². The molecule has 1 aliphatic heterocycles. The second-order valence-corrected chi connectivity index (χ2v) is 6.61. The molecule has 0 unspecified atom stereocenters. The van der Waals surface area contributed by atoms with Gasteiger partial charge < -0.3 is 14.9 Å². The maximum absolute atomic E-state index is 11.8. The van der Waals surface area contributed by atoms with Gasteiger partial charge in [0.2, 0.25) is 5.13 Å². The standard InChI is InChI=1S/C12H14N4O4S2/c17-5-8-6(18)4-7(20-8)10-15-16-12(22-10)14-11(19)13-9-2-1-3-21-9/h1-3,6-8,17-18H,4-5H2,(H2,13,14,16,19)/t6-,7-,8+/m0/s1. The molecule has 118 valence electrons. The number of aliphatic hydroxyl groups is 2. The topological polar surface area (TPSA) is 117 Å². The molecule has 0 aromatic carbocycles. The van der Waals surface area contributed by atoms with Crippen LogP contribution in [0.3, 0.4) is 0 Å². The Labute approximate surface area is 133 Å². The van der Waals surface area contributed by atoms with E-state index in [0.29, 0.717) is 16.6 Å². The first-order valence-electron chi connectivity index (χ1n) is 6.55. The molecule has 1 fully saturated rings. The number of ether oxygens (including phenoxy) is 1. The first kappa shape index (κ1) is 15.3. The lowest BCUT2D eigenvalue weighted by Gasteiger charge is -2.09. The molecular weight excluding hydrogens is 328 g/mol. The largest absolute Gasteiger partial charge is 0.394 e. The Kier molecular flexibility index (Phi) is 4.64. The Hall–Kier alpha value is -1.59. The minimum Gasteiger partial charge on any atom is -0.394 e. The molecule has 0 spiro atoms. The quantitative estimate of drug-likeness (QED) is 0.668. The Morgan fingerprint density at radius 2 is 2.32 bits per heavy atom. The molecular formula is C12H14N4O4S2. The summed E-state index contributed by atoms with van der Waals surface area (Å²) in [6.45, 7) is -0.245. The summed E-state index contributed by atoms with van der Waals surface area (Å²) in [5, 5.41) is 35.4. The number of aliphatic hydroxyl groups excluding tert-OH is 2. The zero-order chi connectivity index (χ0) is 15.5. The van der Waals surface area contributed by atoms with Gasteiger partial charge in [-0.15, -0.1) is 21.5 Å².